The summed E-state index contributed by atoms with van der Waals surface area (Å²) in [7, 11) is 3.88. The third-order valence-electron chi connectivity index (χ3n) is 2.21. The number of hydrogen-bond acceptors (Lipinski definition) is 2. The highest BCUT2D eigenvalue weighted by Gasteiger charge is 1.99. The molecular weight excluding hydrogens is 257 g/mol. The molecule has 4 heteroatoms. The van der Waals surface area contributed by atoms with Crippen LogP contribution in [0.3, 0.4) is 0 Å². The van der Waals surface area contributed by atoms with Crippen LogP contribution < -0.4 is 0 Å². The lowest BCUT2D eigenvalue weighted by molar-refractivity contribution is -0.114. The summed E-state index contributed by atoms with van der Waals surface area (Å²) >= 11 is 11.7. The van der Waals surface area contributed by atoms with Crippen LogP contribution in [0.2, 0.25) is 10.0 Å². The van der Waals surface area contributed by atoms with Crippen LogP contribution in [0.5, 0.6) is 0 Å². The number of hydrogen-bond donors (Lipinski definition) is 0. The lowest BCUT2D eigenvalue weighted by Gasteiger charge is -2.06. The molecule has 0 amide bonds. The van der Waals surface area contributed by atoms with E-state index in [-0.39, 0.29) is 5.78 Å². The number of ketones is 1. The zero-order valence-electron chi connectivity index (χ0n) is 9.91. The maximum Gasteiger partial charge on any atom is 0.156 e. The lowest BCUT2D eigenvalue weighted by atomic mass is 10.1. The average molecular weight is 272 g/mol. The molecule has 0 spiro atoms. The van der Waals surface area contributed by atoms with Crippen molar-refractivity contribution in [1.82, 2.24) is 4.90 Å². The number of benzene rings is 1. The summed E-state index contributed by atoms with van der Waals surface area (Å²) in [6, 6.07) is 5.28. The quantitative estimate of drug-likeness (QED) is 0.764. The van der Waals surface area contributed by atoms with E-state index in [1.807, 2.05) is 25.1 Å². The summed E-state index contributed by atoms with van der Waals surface area (Å²) in [5.74, 6) is 0.102. The standard InChI is InChI=1S/C13H15Cl2NO/c1-16(2)8-7-11(17)5-3-10-4-6-12(14)13(15)9-10/h3-6,9H,7-8H2,1-2H3. The largest absolute Gasteiger partial charge is 0.309 e. The van der Waals surface area contributed by atoms with Gasteiger partial charge in [0, 0.05) is 13.0 Å². The topological polar surface area (TPSA) is 20.3 Å². The number of nitrogens with zero attached hydrogens (tertiary/aromatic N) is 1. The molecular formula is C13H15Cl2NO. The highest BCUT2D eigenvalue weighted by atomic mass is 35.5. The van der Waals surface area contributed by atoms with Gasteiger partial charge < -0.3 is 4.90 Å². The molecule has 0 aromatic heterocycles. The van der Waals surface area contributed by atoms with Crippen LogP contribution in [0.25, 0.3) is 6.08 Å². The van der Waals surface area contributed by atoms with E-state index in [1.54, 1.807) is 24.3 Å². The van der Waals surface area contributed by atoms with Crippen LogP contribution in [0.4, 0.5) is 0 Å². The van der Waals surface area contributed by atoms with E-state index in [0.717, 1.165) is 12.1 Å². The predicted molar refractivity (Wildman–Crippen MR) is 73.7 cm³/mol. The molecule has 0 N–H and O–H groups in total. The van der Waals surface area contributed by atoms with Crippen molar-refractivity contribution in [3.05, 3.63) is 39.9 Å². The van der Waals surface area contributed by atoms with E-state index in [9.17, 15) is 4.79 Å². The van der Waals surface area contributed by atoms with Crippen LogP contribution in [-0.4, -0.2) is 31.3 Å². The minimum absolute atomic E-state index is 0.102. The smallest absolute Gasteiger partial charge is 0.156 e. The van der Waals surface area contributed by atoms with Gasteiger partial charge in [-0.3, -0.25) is 4.79 Å². The Hall–Kier alpha value is -0.830. The normalized spacial score (nSPS) is 11.4. The Labute approximate surface area is 112 Å². The van der Waals surface area contributed by atoms with Crippen molar-refractivity contribution in [2.24, 2.45) is 0 Å². The maximum atomic E-state index is 11.5. The average Bonchev–Trinajstić information content (AvgIpc) is 2.28. The molecule has 2 nitrogen and oxygen atoms in total. The second-order valence-electron chi connectivity index (χ2n) is 4.03. The molecule has 0 unspecified atom stereocenters. The second-order valence-corrected chi connectivity index (χ2v) is 4.84. The highest BCUT2D eigenvalue weighted by Crippen LogP contribution is 2.23. The summed E-state index contributed by atoms with van der Waals surface area (Å²) < 4.78 is 0. The molecule has 1 aromatic rings. The van der Waals surface area contributed by atoms with Crippen molar-refractivity contribution in [2.45, 2.75) is 6.42 Å². The molecule has 0 bridgehead atoms. The van der Waals surface area contributed by atoms with E-state index >= 15 is 0 Å². The first-order valence-electron chi connectivity index (χ1n) is 5.30. The van der Waals surface area contributed by atoms with Crippen LogP contribution >= 0.6 is 23.2 Å². The van der Waals surface area contributed by atoms with Gasteiger partial charge in [-0.15, -0.1) is 0 Å². The molecule has 92 valence electrons. The minimum Gasteiger partial charge on any atom is -0.309 e. The Bertz CT molecular complexity index is 427. The Morgan fingerprint density at radius 2 is 2.00 bits per heavy atom. The Morgan fingerprint density at radius 3 is 2.59 bits per heavy atom. The molecule has 0 heterocycles. The zero-order valence-corrected chi connectivity index (χ0v) is 11.4. The van der Waals surface area contributed by atoms with E-state index in [0.29, 0.717) is 16.5 Å². The monoisotopic (exact) mass is 271 g/mol. The fraction of sp³-hybridized carbons (Fsp3) is 0.308. The predicted octanol–water partition coefficient (Wildman–Crippen LogP) is 3.53. The Morgan fingerprint density at radius 1 is 1.29 bits per heavy atom. The first-order valence-corrected chi connectivity index (χ1v) is 6.05. The van der Waals surface area contributed by atoms with Gasteiger partial charge in [0.2, 0.25) is 0 Å². The van der Waals surface area contributed by atoms with Crippen LogP contribution in [0.15, 0.2) is 24.3 Å². The van der Waals surface area contributed by atoms with Gasteiger partial charge in [-0.1, -0.05) is 35.3 Å². The zero-order chi connectivity index (χ0) is 12.8. The van der Waals surface area contributed by atoms with E-state index < -0.39 is 0 Å². The highest BCUT2D eigenvalue weighted by molar-refractivity contribution is 6.42. The van der Waals surface area contributed by atoms with Crippen molar-refractivity contribution >= 4 is 35.1 Å². The van der Waals surface area contributed by atoms with Crippen molar-refractivity contribution in [3.8, 4) is 0 Å². The molecule has 0 saturated heterocycles. The molecule has 17 heavy (non-hydrogen) atoms. The molecule has 0 aliphatic carbocycles. The van der Waals surface area contributed by atoms with Crippen molar-refractivity contribution in [1.29, 1.82) is 0 Å². The summed E-state index contributed by atoms with van der Waals surface area (Å²) in [5.41, 5.74) is 0.873. The molecule has 0 aliphatic rings. The number of allylic oxidation sites excluding steroid dienone is 1. The van der Waals surface area contributed by atoms with E-state index in [2.05, 4.69) is 0 Å². The minimum atomic E-state index is 0.102. The van der Waals surface area contributed by atoms with Gasteiger partial charge in [0.25, 0.3) is 0 Å². The summed E-state index contributed by atoms with van der Waals surface area (Å²) in [6.07, 6.45) is 3.84. The summed E-state index contributed by atoms with van der Waals surface area (Å²) in [6.45, 7) is 0.755. The fourth-order valence-electron chi connectivity index (χ4n) is 1.22. The molecule has 0 fully saturated rings. The molecule has 1 aromatic carbocycles. The van der Waals surface area contributed by atoms with Crippen LogP contribution in [0, 0.1) is 0 Å². The number of halogens is 2. The number of rotatable bonds is 5. The van der Waals surface area contributed by atoms with E-state index in [1.165, 1.54) is 0 Å². The molecule has 1 rings (SSSR count). The van der Waals surface area contributed by atoms with E-state index in [4.69, 9.17) is 23.2 Å². The van der Waals surface area contributed by atoms with Gasteiger partial charge >= 0.3 is 0 Å². The van der Waals surface area contributed by atoms with Gasteiger partial charge in [-0.25, -0.2) is 0 Å². The Balaban J connectivity index is 2.58. The second kappa shape index (κ2) is 6.80. The number of carbonyl (C=O) groups excluding carboxylic acids is 1. The van der Waals surface area contributed by atoms with Gasteiger partial charge in [0.05, 0.1) is 10.0 Å². The van der Waals surface area contributed by atoms with Crippen LogP contribution in [-0.2, 0) is 4.79 Å². The molecule has 0 aliphatic heterocycles. The molecule has 0 saturated carbocycles. The summed E-state index contributed by atoms with van der Waals surface area (Å²) in [4.78, 5) is 13.5. The van der Waals surface area contributed by atoms with Gasteiger partial charge in [0.1, 0.15) is 0 Å². The van der Waals surface area contributed by atoms with Crippen molar-refractivity contribution < 1.29 is 4.79 Å². The Kier molecular flexibility index (Phi) is 5.69. The van der Waals surface area contributed by atoms with Gasteiger partial charge in [-0.05, 0) is 37.9 Å². The maximum absolute atomic E-state index is 11.5. The molecule has 0 radical (unpaired) electrons. The SMILES string of the molecule is CN(C)CCC(=O)C=Cc1ccc(Cl)c(Cl)c1. The third-order valence-corrected chi connectivity index (χ3v) is 2.95. The third kappa shape index (κ3) is 5.35. The lowest BCUT2D eigenvalue weighted by Crippen LogP contribution is -2.15. The van der Waals surface area contributed by atoms with Crippen LogP contribution in [0.1, 0.15) is 12.0 Å². The van der Waals surface area contributed by atoms with Gasteiger partial charge in [-0.2, -0.15) is 0 Å². The summed E-state index contributed by atoms with van der Waals surface area (Å²) in [5, 5.41) is 1.01. The molecule has 0 atom stereocenters. The van der Waals surface area contributed by atoms with Crippen molar-refractivity contribution in [2.75, 3.05) is 20.6 Å². The van der Waals surface area contributed by atoms with Gasteiger partial charge in [0.15, 0.2) is 5.78 Å². The fourth-order valence-corrected chi connectivity index (χ4v) is 1.53. The first-order chi connectivity index (χ1) is 7.99. The first kappa shape index (κ1) is 14.2. The van der Waals surface area contributed by atoms with Crippen molar-refractivity contribution in [3.63, 3.8) is 0 Å². The number of carbonyl (C=O) groups is 1.